The molecule has 1 aliphatic rings. The maximum atomic E-state index is 4.47. The average molecular weight is 261 g/mol. The molecule has 0 atom stereocenters. The van der Waals surface area contributed by atoms with Crippen LogP contribution in [0, 0.1) is 6.92 Å². The molecule has 3 nitrogen and oxygen atoms in total. The van der Waals surface area contributed by atoms with Gasteiger partial charge in [-0.1, -0.05) is 20.3 Å². The normalized spacial score (nSPS) is 14.7. The van der Waals surface area contributed by atoms with Crippen LogP contribution in [-0.4, -0.2) is 24.1 Å². The standard InChI is InChI=1S/C16H27N3/c1-4-6-9-19(15-7-8-15)16-10-13(3)18-12-14(16)11-17-5-2/h10,12,15,17H,4-9,11H2,1-3H3. The molecular weight excluding hydrogens is 234 g/mol. The van der Waals surface area contributed by atoms with Crippen LogP contribution in [0.25, 0.3) is 0 Å². The van der Waals surface area contributed by atoms with Crippen LogP contribution in [0.1, 0.15) is 50.8 Å². The van der Waals surface area contributed by atoms with Crippen LogP contribution in [0.15, 0.2) is 12.3 Å². The number of aryl methyl sites for hydroxylation is 1. The van der Waals surface area contributed by atoms with Gasteiger partial charge in [-0.3, -0.25) is 4.98 Å². The molecule has 19 heavy (non-hydrogen) atoms. The van der Waals surface area contributed by atoms with E-state index < -0.39 is 0 Å². The first-order valence-corrected chi connectivity index (χ1v) is 7.69. The molecule has 1 N–H and O–H groups in total. The van der Waals surface area contributed by atoms with Gasteiger partial charge >= 0.3 is 0 Å². The summed E-state index contributed by atoms with van der Waals surface area (Å²) in [4.78, 5) is 7.08. The fourth-order valence-corrected chi connectivity index (χ4v) is 2.45. The number of pyridine rings is 1. The Morgan fingerprint density at radius 2 is 2.16 bits per heavy atom. The van der Waals surface area contributed by atoms with E-state index in [9.17, 15) is 0 Å². The highest BCUT2D eigenvalue weighted by atomic mass is 15.2. The molecule has 1 saturated carbocycles. The van der Waals surface area contributed by atoms with E-state index in [2.05, 4.69) is 48.2 Å². The summed E-state index contributed by atoms with van der Waals surface area (Å²) in [5.74, 6) is 0. The number of hydrogen-bond donors (Lipinski definition) is 1. The van der Waals surface area contributed by atoms with E-state index in [1.807, 2.05) is 0 Å². The van der Waals surface area contributed by atoms with Gasteiger partial charge in [0.05, 0.1) is 0 Å². The van der Waals surface area contributed by atoms with Crippen molar-refractivity contribution in [2.45, 2.75) is 59.0 Å². The second-order valence-corrected chi connectivity index (χ2v) is 5.51. The zero-order valence-corrected chi connectivity index (χ0v) is 12.6. The van der Waals surface area contributed by atoms with E-state index in [-0.39, 0.29) is 0 Å². The Kier molecular flexibility index (Phi) is 5.20. The Bertz CT molecular complexity index is 399. The highest BCUT2D eigenvalue weighted by Crippen LogP contribution is 2.34. The number of rotatable bonds is 8. The van der Waals surface area contributed by atoms with E-state index in [4.69, 9.17) is 0 Å². The summed E-state index contributed by atoms with van der Waals surface area (Å²) in [5.41, 5.74) is 3.87. The summed E-state index contributed by atoms with van der Waals surface area (Å²) in [6, 6.07) is 3.04. The van der Waals surface area contributed by atoms with Gasteiger partial charge in [0, 0.05) is 42.3 Å². The number of aromatic nitrogens is 1. The number of nitrogens with one attached hydrogen (secondary N) is 1. The Labute approximate surface area is 117 Å². The molecule has 0 unspecified atom stereocenters. The third-order valence-electron chi connectivity index (χ3n) is 3.71. The molecule has 0 saturated heterocycles. The van der Waals surface area contributed by atoms with Crippen molar-refractivity contribution in [3.63, 3.8) is 0 Å². The smallest absolute Gasteiger partial charge is 0.0448 e. The van der Waals surface area contributed by atoms with Crippen LogP contribution in [-0.2, 0) is 6.54 Å². The lowest BCUT2D eigenvalue weighted by atomic mass is 10.1. The summed E-state index contributed by atoms with van der Waals surface area (Å²) < 4.78 is 0. The molecule has 1 fully saturated rings. The Morgan fingerprint density at radius 1 is 1.37 bits per heavy atom. The van der Waals surface area contributed by atoms with Crippen LogP contribution < -0.4 is 10.2 Å². The Morgan fingerprint density at radius 3 is 2.79 bits per heavy atom. The molecule has 106 valence electrons. The van der Waals surface area contributed by atoms with Gasteiger partial charge in [-0.15, -0.1) is 0 Å². The zero-order chi connectivity index (χ0) is 13.7. The van der Waals surface area contributed by atoms with Gasteiger partial charge in [0.2, 0.25) is 0 Å². The van der Waals surface area contributed by atoms with Crippen molar-refractivity contribution in [3.05, 3.63) is 23.5 Å². The Hall–Kier alpha value is -1.09. The van der Waals surface area contributed by atoms with Crippen LogP contribution in [0.5, 0.6) is 0 Å². The minimum absolute atomic E-state index is 0.772. The van der Waals surface area contributed by atoms with Crippen LogP contribution >= 0.6 is 0 Å². The number of anilines is 1. The van der Waals surface area contributed by atoms with Gasteiger partial charge in [-0.2, -0.15) is 0 Å². The van der Waals surface area contributed by atoms with Gasteiger partial charge < -0.3 is 10.2 Å². The maximum Gasteiger partial charge on any atom is 0.0448 e. The first kappa shape index (κ1) is 14.3. The molecule has 0 radical (unpaired) electrons. The van der Waals surface area contributed by atoms with Gasteiger partial charge in [-0.05, 0) is 38.8 Å². The van der Waals surface area contributed by atoms with E-state index in [1.54, 1.807) is 0 Å². The van der Waals surface area contributed by atoms with Crippen molar-refractivity contribution < 1.29 is 0 Å². The van der Waals surface area contributed by atoms with E-state index in [0.29, 0.717) is 0 Å². The molecule has 0 aliphatic heterocycles. The van der Waals surface area contributed by atoms with Crippen molar-refractivity contribution in [1.29, 1.82) is 0 Å². The molecule has 1 heterocycles. The maximum absolute atomic E-state index is 4.47. The van der Waals surface area contributed by atoms with Gasteiger partial charge in [0.1, 0.15) is 0 Å². The van der Waals surface area contributed by atoms with Crippen molar-refractivity contribution in [1.82, 2.24) is 10.3 Å². The van der Waals surface area contributed by atoms with Gasteiger partial charge in [0.15, 0.2) is 0 Å². The topological polar surface area (TPSA) is 28.2 Å². The van der Waals surface area contributed by atoms with E-state index in [1.165, 1.54) is 43.5 Å². The summed E-state index contributed by atoms with van der Waals surface area (Å²) in [7, 11) is 0. The summed E-state index contributed by atoms with van der Waals surface area (Å²) in [6.45, 7) is 9.62. The zero-order valence-electron chi connectivity index (χ0n) is 12.6. The molecule has 0 bridgehead atoms. The third-order valence-corrected chi connectivity index (χ3v) is 3.71. The monoisotopic (exact) mass is 261 g/mol. The highest BCUT2D eigenvalue weighted by Gasteiger charge is 2.30. The second-order valence-electron chi connectivity index (χ2n) is 5.51. The molecule has 0 aromatic carbocycles. The largest absolute Gasteiger partial charge is 0.368 e. The lowest BCUT2D eigenvalue weighted by Gasteiger charge is -2.27. The first-order chi connectivity index (χ1) is 9.26. The SMILES string of the molecule is CCCCN(c1cc(C)ncc1CNCC)C1CC1. The van der Waals surface area contributed by atoms with Crippen LogP contribution in [0.2, 0.25) is 0 Å². The molecule has 0 spiro atoms. The van der Waals surface area contributed by atoms with Crippen molar-refractivity contribution in [2.75, 3.05) is 18.0 Å². The van der Waals surface area contributed by atoms with Crippen molar-refractivity contribution >= 4 is 5.69 Å². The van der Waals surface area contributed by atoms with Crippen molar-refractivity contribution in [3.8, 4) is 0 Å². The quantitative estimate of drug-likeness (QED) is 0.778. The molecule has 2 rings (SSSR count). The molecule has 1 aliphatic carbocycles. The lowest BCUT2D eigenvalue weighted by Crippen LogP contribution is -2.29. The van der Waals surface area contributed by atoms with Gasteiger partial charge in [-0.25, -0.2) is 0 Å². The predicted molar refractivity (Wildman–Crippen MR) is 81.6 cm³/mol. The first-order valence-electron chi connectivity index (χ1n) is 7.69. The second kappa shape index (κ2) is 6.90. The number of unbranched alkanes of at least 4 members (excludes halogenated alkanes) is 1. The summed E-state index contributed by atoms with van der Waals surface area (Å²) >= 11 is 0. The molecule has 1 aromatic rings. The molecule has 0 amide bonds. The van der Waals surface area contributed by atoms with Crippen LogP contribution in [0.4, 0.5) is 5.69 Å². The molecule has 1 aromatic heterocycles. The fourth-order valence-electron chi connectivity index (χ4n) is 2.45. The number of hydrogen-bond acceptors (Lipinski definition) is 3. The lowest BCUT2D eigenvalue weighted by molar-refractivity contribution is 0.690. The minimum Gasteiger partial charge on any atom is -0.368 e. The number of nitrogens with zero attached hydrogens (tertiary/aromatic N) is 2. The molecular formula is C16H27N3. The van der Waals surface area contributed by atoms with E-state index >= 15 is 0 Å². The molecule has 3 heteroatoms. The minimum atomic E-state index is 0.772. The highest BCUT2D eigenvalue weighted by molar-refractivity contribution is 5.55. The van der Waals surface area contributed by atoms with Crippen LogP contribution in [0.3, 0.4) is 0 Å². The van der Waals surface area contributed by atoms with Gasteiger partial charge in [0.25, 0.3) is 0 Å². The predicted octanol–water partition coefficient (Wildman–Crippen LogP) is 3.27. The summed E-state index contributed by atoms with van der Waals surface area (Å²) in [5, 5.41) is 3.43. The summed E-state index contributed by atoms with van der Waals surface area (Å²) in [6.07, 6.45) is 7.29. The van der Waals surface area contributed by atoms with E-state index in [0.717, 1.165) is 24.8 Å². The fraction of sp³-hybridized carbons (Fsp3) is 0.688. The average Bonchev–Trinajstić information content (AvgIpc) is 3.23. The van der Waals surface area contributed by atoms with Crippen molar-refractivity contribution in [2.24, 2.45) is 0 Å². The third kappa shape index (κ3) is 3.93. The Balaban J connectivity index is 2.19.